The first-order valence-electron chi connectivity index (χ1n) is 8.92. The van der Waals surface area contributed by atoms with Crippen LogP contribution in [-0.4, -0.2) is 17.6 Å². The number of halogens is 1. The molecule has 1 amide bonds. The molecule has 1 aromatic carbocycles. The predicted molar refractivity (Wildman–Crippen MR) is 97.3 cm³/mol. The largest absolute Gasteiger partial charge is 0.507 e. The third-order valence-corrected chi connectivity index (χ3v) is 4.25. The van der Waals surface area contributed by atoms with E-state index in [0.717, 1.165) is 12.8 Å². The van der Waals surface area contributed by atoms with E-state index in [9.17, 15) is 9.90 Å². The SMILES string of the molecule is CCCCCCCCCCCCNC(=O)c1cc(Cl)ccc1O. The van der Waals surface area contributed by atoms with Crippen LogP contribution < -0.4 is 5.32 Å². The number of hydrogen-bond donors (Lipinski definition) is 2. The average molecular weight is 340 g/mol. The van der Waals surface area contributed by atoms with Gasteiger partial charge in [0.15, 0.2) is 0 Å². The minimum atomic E-state index is -0.263. The van der Waals surface area contributed by atoms with Crippen molar-refractivity contribution in [2.24, 2.45) is 0 Å². The van der Waals surface area contributed by atoms with Crippen LogP contribution in [0, 0.1) is 0 Å². The fourth-order valence-corrected chi connectivity index (χ4v) is 2.77. The summed E-state index contributed by atoms with van der Waals surface area (Å²) in [4.78, 5) is 11.9. The topological polar surface area (TPSA) is 49.3 Å². The van der Waals surface area contributed by atoms with Gasteiger partial charge < -0.3 is 10.4 Å². The lowest BCUT2D eigenvalue weighted by molar-refractivity contribution is 0.0950. The first kappa shape index (κ1) is 19.8. The van der Waals surface area contributed by atoms with Gasteiger partial charge in [-0.25, -0.2) is 0 Å². The molecule has 0 saturated carbocycles. The van der Waals surface area contributed by atoms with Gasteiger partial charge in [0, 0.05) is 11.6 Å². The molecular weight excluding hydrogens is 310 g/mol. The van der Waals surface area contributed by atoms with Crippen LogP contribution in [0.3, 0.4) is 0 Å². The van der Waals surface area contributed by atoms with Gasteiger partial charge in [-0.3, -0.25) is 4.79 Å². The summed E-state index contributed by atoms with van der Waals surface area (Å²) in [5, 5.41) is 12.9. The maximum atomic E-state index is 11.9. The first-order chi connectivity index (χ1) is 11.1. The summed E-state index contributed by atoms with van der Waals surface area (Å²) in [5.41, 5.74) is 0.240. The Labute approximate surface area is 145 Å². The molecule has 130 valence electrons. The second kappa shape index (κ2) is 12.2. The van der Waals surface area contributed by atoms with Crippen molar-refractivity contribution < 1.29 is 9.90 Å². The highest BCUT2D eigenvalue weighted by molar-refractivity contribution is 6.31. The van der Waals surface area contributed by atoms with E-state index >= 15 is 0 Å². The number of carbonyl (C=O) groups excluding carboxylic acids is 1. The maximum absolute atomic E-state index is 11.9. The Kier molecular flexibility index (Phi) is 10.5. The maximum Gasteiger partial charge on any atom is 0.255 e. The average Bonchev–Trinajstić information content (AvgIpc) is 2.54. The van der Waals surface area contributed by atoms with Gasteiger partial charge in [-0.15, -0.1) is 0 Å². The molecule has 0 saturated heterocycles. The lowest BCUT2D eigenvalue weighted by Gasteiger charge is -2.07. The third kappa shape index (κ3) is 8.85. The van der Waals surface area contributed by atoms with Crippen LogP contribution in [0.15, 0.2) is 18.2 Å². The van der Waals surface area contributed by atoms with Gasteiger partial charge >= 0.3 is 0 Å². The molecule has 1 rings (SSSR count). The zero-order chi connectivity index (χ0) is 16.9. The zero-order valence-electron chi connectivity index (χ0n) is 14.2. The summed E-state index contributed by atoms with van der Waals surface area (Å²) in [7, 11) is 0. The van der Waals surface area contributed by atoms with E-state index < -0.39 is 0 Å². The van der Waals surface area contributed by atoms with Gasteiger partial charge in [0.25, 0.3) is 5.91 Å². The van der Waals surface area contributed by atoms with Crippen molar-refractivity contribution in [3.63, 3.8) is 0 Å². The Morgan fingerprint density at radius 1 is 1.00 bits per heavy atom. The van der Waals surface area contributed by atoms with Crippen LogP contribution in [0.1, 0.15) is 81.5 Å². The van der Waals surface area contributed by atoms with Gasteiger partial charge in [0.05, 0.1) is 5.56 Å². The summed E-state index contributed by atoms with van der Waals surface area (Å²) in [6.45, 7) is 2.88. The Bertz CT molecular complexity index is 463. The quantitative estimate of drug-likeness (QED) is 0.480. The van der Waals surface area contributed by atoms with Crippen molar-refractivity contribution in [3.8, 4) is 5.75 Å². The van der Waals surface area contributed by atoms with Crippen molar-refractivity contribution in [3.05, 3.63) is 28.8 Å². The Balaban J connectivity index is 2.02. The molecule has 0 atom stereocenters. The van der Waals surface area contributed by atoms with E-state index in [-0.39, 0.29) is 17.2 Å². The number of unbranched alkanes of at least 4 members (excludes halogenated alkanes) is 9. The van der Waals surface area contributed by atoms with E-state index in [2.05, 4.69) is 12.2 Å². The van der Waals surface area contributed by atoms with Gasteiger partial charge in [-0.1, -0.05) is 76.3 Å². The number of nitrogens with one attached hydrogen (secondary N) is 1. The molecule has 0 aliphatic heterocycles. The van der Waals surface area contributed by atoms with Crippen LogP contribution in [0.5, 0.6) is 5.75 Å². The number of aromatic hydroxyl groups is 1. The highest BCUT2D eigenvalue weighted by Crippen LogP contribution is 2.21. The summed E-state index contributed by atoms with van der Waals surface area (Å²) in [6, 6.07) is 4.50. The first-order valence-corrected chi connectivity index (χ1v) is 9.29. The molecule has 0 aliphatic carbocycles. The van der Waals surface area contributed by atoms with E-state index in [1.807, 2.05) is 0 Å². The number of phenols is 1. The lowest BCUT2D eigenvalue weighted by Crippen LogP contribution is -2.24. The van der Waals surface area contributed by atoms with Crippen LogP contribution >= 0.6 is 11.6 Å². The molecule has 0 heterocycles. The third-order valence-electron chi connectivity index (χ3n) is 4.02. The molecule has 4 heteroatoms. The highest BCUT2D eigenvalue weighted by atomic mass is 35.5. The molecule has 23 heavy (non-hydrogen) atoms. The Hall–Kier alpha value is -1.22. The molecule has 0 aliphatic rings. The fourth-order valence-electron chi connectivity index (χ4n) is 2.60. The van der Waals surface area contributed by atoms with E-state index in [0.29, 0.717) is 11.6 Å². The summed E-state index contributed by atoms with van der Waals surface area (Å²) >= 11 is 5.84. The minimum absolute atomic E-state index is 0.0324. The molecule has 0 spiro atoms. The highest BCUT2D eigenvalue weighted by Gasteiger charge is 2.10. The van der Waals surface area contributed by atoms with E-state index in [1.165, 1.54) is 63.5 Å². The van der Waals surface area contributed by atoms with Crippen molar-refractivity contribution in [2.45, 2.75) is 71.1 Å². The lowest BCUT2D eigenvalue weighted by atomic mass is 10.1. The Morgan fingerprint density at radius 2 is 1.57 bits per heavy atom. The number of hydrogen-bond acceptors (Lipinski definition) is 2. The number of carbonyl (C=O) groups is 1. The van der Waals surface area contributed by atoms with Crippen LogP contribution in [0.25, 0.3) is 0 Å². The molecule has 0 fully saturated rings. The number of amides is 1. The van der Waals surface area contributed by atoms with E-state index in [1.54, 1.807) is 6.07 Å². The van der Waals surface area contributed by atoms with Gasteiger partial charge in [0.1, 0.15) is 5.75 Å². The van der Waals surface area contributed by atoms with Crippen molar-refractivity contribution >= 4 is 17.5 Å². The van der Waals surface area contributed by atoms with Crippen LogP contribution in [0.4, 0.5) is 0 Å². The van der Waals surface area contributed by atoms with E-state index in [4.69, 9.17) is 11.6 Å². The second-order valence-electron chi connectivity index (χ2n) is 6.10. The second-order valence-corrected chi connectivity index (χ2v) is 6.54. The molecule has 0 radical (unpaired) electrons. The minimum Gasteiger partial charge on any atom is -0.507 e. The van der Waals surface area contributed by atoms with Crippen molar-refractivity contribution in [1.29, 1.82) is 0 Å². The standard InChI is InChI=1S/C19H30ClNO2/c1-2-3-4-5-6-7-8-9-10-11-14-21-19(23)17-15-16(20)12-13-18(17)22/h12-13,15,22H,2-11,14H2,1H3,(H,21,23). The molecule has 0 bridgehead atoms. The molecule has 1 aromatic rings. The normalized spacial score (nSPS) is 10.7. The monoisotopic (exact) mass is 339 g/mol. The molecule has 0 aromatic heterocycles. The fraction of sp³-hybridized carbons (Fsp3) is 0.632. The van der Waals surface area contributed by atoms with Gasteiger partial charge in [-0.05, 0) is 24.6 Å². The molecular formula is C19H30ClNO2. The molecule has 0 unspecified atom stereocenters. The summed E-state index contributed by atoms with van der Waals surface area (Å²) in [5.74, 6) is -0.295. The van der Waals surface area contributed by atoms with Crippen molar-refractivity contribution in [2.75, 3.05) is 6.54 Å². The zero-order valence-corrected chi connectivity index (χ0v) is 15.0. The van der Waals surface area contributed by atoms with Crippen molar-refractivity contribution in [1.82, 2.24) is 5.32 Å². The number of phenolic OH excluding ortho intramolecular Hbond substituents is 1. The van der Waals surface area contributed by atoms with Crippen LogP contribution in [-0.2, 0) is 0 Å². The van der Waals surface area contributed by atoms with Gasteiger partial charge in [0.2, 0.25) is 0 Å². The summed E-state index contributed by atoms with van der Waals surface area (Å²) < 4.78 is 0. The predicted octanol–water partition coefficient (Wildman–Crippen LogP) is 5.70. The molecule has 3 nitrogen and oxygen atoms in total. The summed E-state index contributed by atoms with van der Waals surface area (Å²) in [6.07, 6.45) is 12.7. The number of benzene rings is 1. The van der Waals surface area contributed by atoms with Crippen LogP contribution in [0.2, 0.25) is 5.02 Å². The number of rotatable bonds is 12. The smallest absolute Gasteiger partial charge is 0.255 e. The van der Waals surface area contributed by atoms with Gasteiger partial charge in [-0.2, -0.15) is 0 Å². The molecule has 2 N–H and O–H groups in total. The Morgan fingerprint density at radius 3 is 2.17 bits per heavy atom.